The summed E-state index contributed by atoms with van der Waals surface area (Å²) < 4.78 is 18.4. The van der Waals surface area contributed by atoms with Gasteiger partial charge in [-0.3, -0.25) is 0 Å². The van der Waals surface area contributed by atoms with Gasteiger partial charge in [-0.15, -0.1) is 12.4 Å². The molecule has 3 rings (SSSR count). The number of nitrogens with one attached hydrogen (secondary N) is 1. The first kappa shape index (κ1) is 19.9. The summed E-state index contributed by atoms with van der Waals surface area (Å²) in [4.78, 5) is 20.9. The number of hydrogen-bond acceptors (Lipinski definition) is 5. The van der Waals surface area contributed by atoms with Gasteiger partial charge in [0.15, 0.2) is 5.65 Å². The van der Waals surface area contributed by atoms with Crippen LogP contribution in [0, 0.1) is 12.7 Å². The number of hydrogen-bond donors (Lipinski definition) is 1. The molecule has 5 nitrogen and oxygen atoms in total. The van der Waals surface area contributed by atoms with Gasteiger partial charge in [0.1, 0.15) is 11.4 Å². The Morgan fingerprint density at radius 1 is 1.31 bits per heavy atom. The van der Waals surface area contributed by atoms with Crippen molar-refractivity contribution in [3.63, 3.8) is 0 Å². The average Bonchev–Trinajstić information content (AvgIpc) is 2.57. The molecule has 0 saturated carbocycles. The van der Waals surface area contributed by atoms with E-state index in [9.17, 15) is 9.18 Å². The van der Waals surface area contributed by atoms with Crippen LogP contribution >= 0.6 is 24.0 Å². The molecule has 2 heterocycles. The van der Waals surface area contributed by atoms with Gasteiger partial charge >= 0.3 is 5.97 Å². The molecule has 1 aromatic carbocycles. The van der Waals surface area contributed by atoms with E-state index in [1.54, 1.807) is 6.92 Å². The first-order chi connectivity index (χ1) is 12.0. The van der Waals surface area contributed by atoms with Gasteiger partial charge in [0.2, 0.25) is 0 Å². The number of aryl methyl sites for hydroxylation is 1. The topological polar surface area (TPSA) is 64.1 Å². The third-order valence-electron chi connectivity index (χ3n) is 3.56. The Morgan fingerprint density at radius 3 is 2.77 bits per heavy atom. The van der Waals surface area contributed by atoms with Crippen molar-refractivity contribution < 1.29 is 13.9 Å². The normalized spacial score (nSPS) is 10.3. The summed E-state index contributed by atoms with van der Waals surface area (Å²) in [6.45, 7) is 3.81. The van der Waals surface area contributed by atoms with E-state index >= 15 is 0 Å². The van der Waals surface area contributed by atoms with Crippen molar-refractivity contribution >= 4 is 52.4 Å². The third-order valence-corrected chi connectivity index (χ3v) is 3.87. The van der Waals surface area contributed by atoms with E-state index in [2.05, 4.69) is 15.3 Å². The minimum Gasteiger partial charge on any atom is -0.462 e. The van der Waals surface area contributed by atoms with E-state index in [0.717, 1.165) is 5.69 Å². The molecule has 136 valence electrons. The fraction of sp³-hybridized carbons (Fsp3) is 0.167. The number of rotatable bonds is 4. The molecule has 2 aromatic heterocycles. The average molecular weight is 396 g/mol. The van der Waals surface area contributed by atoms with Crippen LogP contribution in [0.1, 0.15) is 23.0 Å². The van der Waals surface area contributed by atoms with Gasteiger partial charge in [0.05, 0.1) is 23.0 Å². The lowest BCUT2D eigenvalue weighted by molar-refractivity contribution is 0.0527. The van der Waals surface area contributed by atoms with E-state index in [1.807, 2.05) is 19.1 Å². The number of nitrogens with zero attached hydrogens (tertiary/aromatic N) is 2. The second-order valence-corrected chi connectivity index (χ2v) is 5.75. The molecule has 0 aliphatic carbocycles. The smallest absolute Gasteiger partial charge is 0.341 e. The van der Waals surface area contributed by atoms with Crippen molar-refractivity contribution in [1.82, 2.24) is 9.97 Å². The second kappa shape index (κ2) is 8.29. The molecule has 0 fully saturated rings. The number of anilines is 2. The quantitative estimate of drug-likeness (QED) is 0.624. The molecule has 8 heteroatoms. The van der Waals surface area contributed by atoms with Crippen molar-refractivity contribution in [2.75, 3.05) is 11.9 Å². The number of esters is 1. The Labute approximate surface area is 161 Å². The predicted octanol–water partition coefficient (Wildman–Crippen LogP) is 5.07. The maximum absolute atomic E-state index is 13.3. The standard InChI is InChI=1S/C18H15ClFN3O2.ClH/c1-3-25-18(24)13-9-21-17-12(6-4-10(2)22-17)16(13)23-15-7-5-11(20)8-14(15)19;/h4-9H,3H2,1-2H3,(H,21,22,23);1H. The lowest BCUT2D eigenvalue weighted by atomic mass is 10.1. The highest BCUT2D eigenvalue weighted by Gasteiger charge is 2.18. The highest BCUT2D eigenvalue weighted by molar-refractivity contribution is 6.33. The van der Waals surface area contributed by atoms with Crippen molar-refractivity contribution in [2.24, 2.45) is 0 Å². The number of halogens is 3. The molecule has 0 aliphatic heterocycles. The van der Waals surface area contributed by atoms with Gasteiger partial charge < -0.3 is 10.1 Å². The van der Waals surface area contributed by atoms with Gasteiger partial charge in [0.25, 0.3) is 0 Å². The van der Waals surface area contributed by atoms with Crippen LogP contribution in [-0.4, -0.2) is 22.5 Å². The van der Waals surface area contributed by atoms with Crippen molar-refractivity contribution in [3.05, 3.63) is 58.6 Å². The van der Waals surface area contributed by atoms with Crippen LogP contribution in [0.3, 0.4) is 0 Å². The van der Waals surface area contributed by atoms with E-state index in [-0.39, 0.29) is 29.6 Å². The number of carbonyl (C=O) groups excluding carboxylic acids is 1. The Hall–Kier alpha value is -2.44. The van der Waals surface area contributed by atoms with Gasteiger partial charge in [-0.05, 0) is 44.2 Å². The first-order valence-corrected chi connectivity index (χ1v) is 8.03. The molecule has 0 aliphatic rings. The van der Waals surface area contributed by atoms with Gasteiger partial charge in [-0.1, -0.05) is 11.6 Å². The third kappa shape index (κ3) is 4.03. The fourth-order valence-electron chi connectivity index (χ4n) is 2.40. The summed E-state index contributed by atoms with van der Waals surface area (Å²) in [5.41, 5.74) is 2.45. The van der Waals surface area contributed by atoms with Crippen molar-refractivity contribution in [2.45, 2.75) is 13.8 Å². The zero-order chi connectivity index (χ0) is 18.0. The van der Waals surface area contributed by atoms with Crippen LogP contribution < -0.4 is 5.32 Å². The Bertz CT molecular complexity index is 967. The van der Waals surface area contributed by atoms with E-state index in [1.165, 1.54) is 24.4 Å². The minimum atomic E-state index is -0.516. The number of carbonyl (C=O) groups is 1. The predicted molar refractivity (Wildman–Crippen MR) is 102 cm³/mol. The molecular formula is C18H16Cl2FN3O2. The highest BCUT2D eigenvalue weighted by Crippen LogP contribution is 2.32. The SMILES string of the molecule is CCOC(=O)c1cnc2nc(C)ccc2c1Nc1ccc(F)cc1Cl.Cl. The molecule has 0 unspecified atom stereocenters. The molecular weight excluding hydrogens is 380 g/mol. The molecule has 0 atom stereocenters. The number of fused-ring (bicyclic) bond motifs is 1. The summed E-state index contributed by atoms with van der Waals surface area (Å²) in [5.74, 6) is -0.962. The van der Waals surface area contributed by atoms with Crippen LogP contribution in [0.25, 0.3) is 11.0 Å². The summed E-state index contributed by atoms with van der Waals surface area (Å²) in [5, 5.41) is 3.92. The lowest BCUT2D eigenvalue weighted by Gasteiger charge is -2.15. The highest BCUT2D eigenvalue weighted by atomic mass is 35.5. The van der Waals surface area contributed by atoms with Crippen molar-refractivity contribution in [3.8, 4) is 0 Å². The summed E-state index contributed by atoms with van der Waals surface area (Å²) >= 11 is 6.10. The summed E-state index contributed by atoms with van der Waals surface area (Å²) in [6.07, 6.45) is 1.41. The fourth-order valence-corrected chi connectivity index (χ4v) is 2.61. The molecule has 0 saturated heterocycles. The molecule has 0 radical (unpaired) electrons. The second-order valence-electron chi connectivity index (χ2n) is 5.34. The maximum Gasteiger partial charge on any atom is 0.341 e. The number of aromatic nitrogens is 2. The van der Waals surface area contributed by atoms with Crippen LogP contribution in [0.15, 0.2) is 36.5 Å². The molecule has 3 aromatic rings. The Kier molecular flexibility index (Phi) is 6.34. The molecule has 1 N–H and O–H groups in total. The minimum absolute atomic E-state index is 0. The Balaban J connectivity index is 0.00000243. The molecule has 0 amide bonds. The number of pyridine rings is 2. The number of ether oxygens (including phenoxy) is 1. The van der Waals surface area contributed by atoms with Crippen LogP contribution in [0.2, 0.25) is 5.02 Å². The van der Waals surface area contributed by atoms with Gasteiger partial charge in [-0.2, -0.15) is 0 Å². The van der Waals surface area contributed by atoms with Gasteiger partial charge in [-0.25, -0.2) is 19.2 Å². The van der Waals surface area contributed by atoms with E-state index in [4.69, 9.17) is 16.3 Å². The maximum atomic E-state index is 13.3. The molecule has 26 heavy (non-hydrogen) atoms. The lowest BCUT2D eigenvalue weighted by Crippen LogP contribution is -2.10. The van der Waals surface area contributed by atoms with Crippen molar-refractivity contribution in [1.29, 1.82) is 0 Å². The van der Waals surface area contributed by atoms with E-state index < -0.39 is 11.8 Å². The van der Waals surface area contributed by atoms with Gasteiger partial charge in [0, 0.05) is 17.3 Å². The number of benzene rings is 1. The molecule has 0 spiro atoms. The monoisotopic (exact) mass is 395 g/mol. The summed E-state index contributed by atoms with van der Waals surface area (Å²) in [6, 6.07) is 7.60. The molecule has 0 bridgehead atoms. The summed E-state index contributed by atoms with van der Waals surface area (Å²) in [7, 11) is 0. The zero-order valence-electron chi connectivity index (χ0n) is 14.0. The van der Waals surface area contributed by atoms with Crippen LogP contribution in [-0.2, 0) is 4.74 Å². The van der Waals surface area contributed by atoms with Crippen LogP contribution in [0.4, 0.5) is 15.8 Å². The largest absolute Gasteiger partial charge is 0.462 e. The first-order valence-electron chi connectivity index (χ1n) is 7.65. The Morgan fingerprint density at radius 2 is 2.08 bits per heavy atom. The van der Waals surface area contributed by atoms with E-state index in [0.29, 0.717) is 22.4 Å². The zero-order valence-corrected chi connectivity index (χ0v) is 15.6. The van der Waals surface area contributed by atoms with Crippen LogP contribution in [0.5, 0.6) is 0 Å².